The summed E-state index contributed by atoms with van der Waals surface area (Å²) in [5, 5.41) is 36.9. The number of aliphatic hydroxyl groups is 3. The number of amides is 1. The summed E-state index contributed by atoms with van der Waals surface area (Å²) in [6, 6.07) is 3.84. The summed E-state index contributed by atoms with van der Waals surface area (Å²) in [7, 11) is 0. The molecule has 4 aliphatic rings. The molecule has 0 aromatic carbocycles. The van der Waals surface area contributed by atoms with Crippen LogP contribution in [0.3, 0.4) is 0 Å². The molecule has 5 rings (SSSR count). The van der Waals surface area contributed by atoms with Crippen molar-refractivity contribution in [2.75, 3.05) is 0 Å². The summed E-state index contributed by atoms with van der Waals surface area (Å²) in [5.41, 5.74) is -0.219. The number of nitrogens with one attached hydrogen (secondary N) is 1. The number of carbonyl (C=O) groups is 1. The lowest BCUT2D eigenvalue weighted by Crippen LogP contribution is -2.62. The van der Waals surface area contributed by atoms with Gasteiger partial charge < -0.3 is 20.6 Å². The van der Waals surface area contributed by atoms with Crippen LogP contribution >= 0.6 is 22.9 Å². The molecule has 0 unspecified atom stereocenters. The van der Waals surface area contributed by atoms with Crippen LogP contribution in [0.15, 0.2) is 12.1 Å². The van der Waals surface area contributed by atoms with E-state index in [1.165, 1.54) is 11.3 Å². The maximum absolute atomic E-state index is 13.3. The molecule has 1 aromatic rings. The number of aliphatic hydroxyl groups excluding tert-OH is 3. The van der Waals surface area contributed by atoms with Crippen molar-refractivity contribution >= 4 is 28.8 Å². The average Bonchev–Trinajstić information content (AvgIpc) is 3.43. The Bertz CT molecular complexity index is 1020. The number of carbonyl (C=O) groups excluding carboxylic acids is 1. The number of thiophene rings is 1. The second-order valence-corrected chi connectivity index (χ2v) is 15.9. The molecule has 4 N–H and O–H groups in total. The minimum absolute atomic E-state index is 0.0553. The number of halogens is 1. The largest absolute Gasteiger partial charge is 0.393 e. The van der Waals surface area contributed by atoms with Crippen LogP contribution in [0.2, 0.25) is 4.34 Å². The standard InChI is InChI=1S/C31H48ClNO4S/c1-16(2)29(24-8-9-26(32)38-24)33-27(37)12-17(3)20-6-7-21-28-22(15-25(36)31(20,21)5)30(4)11-10-19(34)13-18(30)14-23(28)35/h8-9,16-23,25,28-29,34-36H,6-7,10-15H2,1-5H3,(H,33,37)/t17-,18+,19-,20-,21+,22+,23-,25+,28+,29-,30+,31-/m1/s1. The van der Waals surface area contributed by atoms with Gasteiger partial charge in [0.1, 0.15) is 0 Å². The van der Waals surface area contributed by atoms with E-state index in [4.69, 9.17) is 11.6 Å². The fourth-order valence-electron chi connectivity index (χ4n) is 9.86. The molecular formula is C31H48ClNO4S. The first-order chi connectivity index (χ1) is 17.9. The van der Waals surface area contributed by atoms with E-state index in [1.807, 2.05) is 12.1 Å². The molecule has 5 nitrogen and oxygen atoms in total. The second kappa shape index (κ2) is 10.6. The van der Waals surface area contributed by atoms with Crippen LogP contribution in [0.1, 0.15) is 96.9 Å². The van der Waals surface area contributed by atoms with Crippen LogP contribution < -0.4 is 5.32 Å². The van der Waals surface area contributed by atoms with Crippen molar-refractivity contribution in [3.05, 3.63) is 21.3 Å². The molecule has 4 saturated carbocycles. The topological polar surface area (TPSA) is 89.8 Å². The van der Waals surface area contributed by atoms with Gasteiger partial charge in [0.05, 0.1) is 28.7 Å². The summed E-state index contributed by atoms with van der Waals surface area (Å²) >= 11 is 7.70. The van der Waals surface area contributed by atoms with Crippen LogP contribution in [0.5, 0.6) is 0 Å². The lowest BCUT2D eigenvalue weighted by atomic mass is 9.43. The third kappa shape index (κ3) is 4.78. The Morgan fingerprint density at radius 2 is 1.82 bits per heavy atom. The highest BCUT2D eigenvalue weighted by atomic mass is 35.5. The predicted octanol–water partition coefficient (Wildman–Crippen LogP) is 6.20. The minimum Gasteiger partial charge on any atom is -0.393 e. The molecule has 7 heteroatoms. The molecule has 214 valence electrons. The van der Waals surface area contributed by atoms with Crippen molar-refractivity contribution in [2.45, 2.75) is 110 Å². The van der Waals surface area contributed by atoms with Crippen LogP contribution in [-0.4, -0.2) is 39.5 Å². The minimum atomic E-state index is -0.432. The first-order valence-electron chi connectivity index (χ1n) is 14.9. The molecule has 0 radical (unpaired) electrons. The molecule has 12 atom stereocenters. The van der Waals surface area contributed by atoms with Crippen LogP contribution in [0, 0.1) is 52.3 Å². The van der Waals surface area contributed by atoms with Crippen molar-refractivity contribution in [1.82, 2.24) is 5.32 Å². The number of rotatable bonds is 6. The third-order valence-corrected chi connectivity index (χ3v) is 13.2. The lowest BCUT2D eigenvalue weighted by Gasteiger charge is -2.63. The molecule has 0 spiro atoms. The number of hydrogen-bond acceptors (Lipinski definition) is 5. The van der Waals surface area contributed by atoms with E-state index in [0.29, 0.717) is 18.3 Å². The number of fused-ring (bicyclic) bond motifs is 5. The van der Waals surface area contributed by atoms with E-state index >= 15 is 0 Å². The van der Waals surface area contributed by atoms with Gasteiger partial charge in [0.2, 0.25) is 5.91 Å². The summed E-state index contributed by atoms with van der Waals surface area (Å²) in [4.78, 5) is 14.4. The zero-order valence-electron chi connectivity index (χ0n) is 23.7. The molecule has 1 aromatic heterocycles. The van der Waals surface area contributed by atoms with Crippen LogP contribution in [-0.2, 0) is 4.79 Å². The first kappa shape index (κ1) is 28.9. The Kier molecular flexibility index (Phi) is 8.07. The molecule has 1 heterocycles. The fraction of sp³-hybridized carbons (Fsp3) is 0.839. The van der Waals surface area contributed by atoms with Crippen LogP contribution in [0.25, 0.3) is 0 Å². The third-order valence-electron chi connectivity index (χ3n) is 11.9. The van der Waals surface area contributed by atoms with Crippen molar-refractivity contribution in [2.24, 2.45) is 52.3 Å². The van der Waals surface area contributed by atoms with Gasteiger partial charge in [0, 0.05) is 11.3 Å². The molecule has 0 saturated heterocycles. The maximum atomic E-state index is 13.3. The highest BCUT2D eigenvalue weighted by Crippen LogP contribution is 2.68. The Balaban J connectivity index is 1.31. The zero-order valence-corrected chi connectivity index (χ0v) is 25.3. The van der Waals surface area contributed by atoms with Gasteiger partial charge >= 0.3 is 0 Å². The van der Waals surface area contributed by atoms with Crippen molar-refractivity contribution in [3.63, 3.8) is 0 Å². The Morgan fingerprint density at radius 3 is 2.47 bits per heavy atom. The van der Waals surface area contributed by atoms with Crippen LogP contribution in [0.4, 0.5) is 0 Å². The molecule has 38 heavy (non-hydrogen) atoms. The quantitative estimate of drug-likeness (QED) is 0.330. The van der Waals surface area contributed by atoms with Gasteiger partial charge in [-0.15, -0.1) is 11.3 Å². The summed E-state index contributed by atoms with van der Waals surface area (Å²) in [6.45, 7) is 11.0. The highest BCUT2D eigenvalue weighted by Gasteiger charge is 2.65. The Labute approximate surface area is 237 Å². The van der Waals surface area contributed by atoms with Gasteiger partial charge in [-0.1, -0.05) is 46.2 Å². The summed E-state index contributed by atoms with van der Waals surface area (Å²) in [6.07, 6.45) is 5.46. The van der Waals surface area contributed by atoms with Crippen molar-refractivity contribution < 1.29 is 20.1 Å². The molecule has 0 aliphatic heterocycles. The van der Waals surface area contributed by atoms with E-state index in [2.05, 4.69) is 39.9 Å². The Morgan fingerprint density at radius 1 is 1.08 bits per heavy atom. The predicted molar refractivity (Wildman–Crippen MR) is 153 cm³/mol. The number of hydrogen-bond donors (Lipinski definition) is 4. The second-order valence-electron chi connectivity index (χ2n) is 14.1. The maximum Gasteiger partial charge on any atom is 0.220 e. The van der Waals surface area contributed by atoms with Gasteiger partial charge in [-0.2, -0.15) is 0 Å². The van der Waals surface area contributed by atoms with Crippen molar-refractivity contribution in [3.8, 4) is 0 Å². The van der Waals surface area contributed by atoms with E-state index in [-0.39, 0.29) is 64.6 Å². The van der Waals surface area contributed by atoms with Gasteiger partial charge in [0.15, 0.2) is 0 Å². The molecule has 4 aliphatic carbocycles. The lowest BCUT2D eigenvalue weighted by molar-refractivity contribution is -0.207. The molecule has 0 bridgehead atoms. The first-order valence-corrected chi connectivity index (χ1v) is 16.1. The SMILES string of the molecule is CC(C)[C@@H](NC(=O)C[C@@H](C)[C@H]1CC[C@H]2[C@@H]3[C@H](O)C[C@@H]4C[C@H](O)CC[C@]4(C)[C@H]3C[C@H](O)[C@]12C)c1ccc(Cl)s1. The molecular weight excluding hydrogens is 518 g/mol. The zero-order chi connectivity index (χ0) is 27.6. The smallest absolute Gasteiger partial charge is 0.220 e. The molecule has 1 amide bonds. The van der Waals surface area contributed by atoms with E-state index in [9.17, 15) is 20.1 Å². The van der Waals surface area contributed by atoms with E-state index < -0.39 is 6.10 Å². The average molecular weight is 566 g/mol. The summed E-state index contributed by atoms with van der Waals surface area (Å²) in [5.74, 6) is 1.78. The van der Waals surface area contributed by atoms with Crippen molar-refractivity contribution in [1.29, 1.82) is 0 Å². The molecule has 4 fully saturated rings. The fourth-order valence-corrected chi connectivity index (χ4v) is 11.1. The normalized spacial score (nSPS) is 44.2. The monoisotopic (exact) mass is 565 g/mol. The highest BCUT2D eigenvalue weighted by molar-refractivity contribution is 7.16. The van der Waals surface area contributed by atoms with Gasteiger partial charge in [-0.05, 0) is 109 Å². The summed E-state index contributed by atoms with van der Waals surface area (Å²) < 4.78 is 0.734. The van der Waals surface area contributed by atoms with Gasteiger partial charge in [-0.25, -0.2) is 0 Å². The van der Waals surface area contributed by atoms with Gasteiger partial charge in [0.25, 0.3) is 0 Å². The van der Waals surface area contributed by atoms with E-state index in [1.54, 1.807) is 0 Å². The van der Waals surface area contributed by atoms with Gasteiger partial charge in [-0.3, -0.25) is 4.79 Å². The Hall–Kier alpha value is -0.660. The van der Waals surface area contributed by atoms with E-state index in [0.717, 1.165) is 54.2 Å².